The number of rotatable bonds is 4. The number of nitrogens with one attached hydrogen (secondary N) is 1. The molecule has 0 bridgehead atoms. The average Bonchev–Trinajstić information content (AvgIpc) is 3.20. The summed E-state index contributed by atoms with van der Waals surface area (Å²) in [5.41, 5.74) is 3.60. The van der Waals surface area contributed by atoms with Crippen LogP contribution < -0.4 is 10.1 Å². The number of carbonyl (C=O) groups is 1. The van der Waals surface area contributed by atoms with Crippen molar-refractivity contribution in [1.29, 1.82) is 0 Å². The zero-order valence-corrected chi connectivity index (χ0v) is 15.0. The summed E-state index contributed by atoms with van der Waals surface area (Å²) in [4.78, 5) is 12.6. The number of hydrogen-bond acceptors (Lipinski definition) is 2. The normalized spacial score (nSPS) is 13.0. The highest BCUT2D eigenvalue weighted by Gasteiger charge is 2.15. The van der Waals surface area contributed by atoms with Crippen LogP contribution in [0.4, 0.5) is 0 Å². The first-order valence-electron chi connectivity index (χ1n) is 8.67. The second-order valence-electron chi connectivity index (χ2n) is 6.30. The summed E-state index contributed by atoms with van der Waals surface area (Å²) >= 11 is 6.39. The monoisotopic (exact) mass is 366 g/mol. The van der Waals surface area contributed by atoms with Gasteiger partial charge in [0.25, 0.3) is 5.91 Å². The van der Waals surface area contributed by atoms with Gasteiger partial charge in [0.05, 0.1) is 17.3 Å². The molecule has 4 nitrogen and oxygen atoms in total. The molecule has 2 aromatic carbocycles. The Morgan fingerprint density at radius 3 is 2.85 bits per heavy atom. The Hall–Kier alpha value is -2.72. The highest BCUT2D eigenvalue weighted by molar-refractivity contribution is 6.32. The first kappa shape index (κ1) is 16.7. The third kappa shape index (κ3) is 3.33. The van der Waals surface area contributed by atoms with E-state index in [0.717, 1.165) is 42.0 Å². The van der Waals surface area contributed by atoms with Crippen LogP contribution in [0.1, 0.15) is 27.9 Å². The highest BCUT2D eigenvalue weighted by Crippen LogP contribution is 2.26. The van der Waals surface area contributed by atoms with Gasteiger partial charge in [-0.3, -0.25) is 4.79 Å². The second kappa shape index (κ2) is 7.26. The minimum absolute atomic E-state index is 0.100. The molecule has 2 heterocycles. The molecule has 0 fully saturated rings. The summed E-state index contributed by atoms with van der Waals surface area (Å²) in [6.45, 7) is 1.15. The standard InChI is InChI=1S/C21H19ClN2O2/c22-18-7-3-5-17(20(18)24-10-1-2-11-24)14-23-21(25)16-8-9-19-15(13-16)6-4-12-26-19/h1-3,5,7-11,13H,4,6,12,14H2,(H,23,25). The van der Waals surface area contributed by atoms with E-state index in [1.165, 1.54) is 0 Å². The fourth-order valence-corrected chi connectivity index (χ4v) is 3.55. The van der Waals surface area contributed by atoms with E-state index in [9.17, 15) is 4.79 Å². The van der Waals surface area contributed by atoms with Gasteiger partial charge in [0.15, 0.2) is 0 Å². The Morgan fingerprint density at radius 1 is 1.15 bits per heavy atom. The van der Waals surface area contributed by atoms with Gasteiger partial charge in [-0.05, 0) is 60.4 Å². The van der Waals surface area contributed by atoms with E-state index < -0.39 is 0 Å². The molecule has 5 heteroatoms. The molecule has 0 spiro atoms. The average molecular weight is 367 g/mol. The van der Waals surface area contributed by atoms with Crippen molar-refractivity contribution < 1.29 is 9.53 Å². The zero-order chi connectivity index (χ0) is 17.9. The SMILES string of the molecule is O=C(NCc1cccc(Cl)c1-n1cccc1)c1ccc2c(c1)CCCO2. The number of nitrogens with zero attached hydrogens (tertiary/aromatic N) is 1. The van der Waals surface area contributed by atoms with Crippen molar-refractivity contribution in [2.24, 2.45) is 0 Å². The van der Waals surface area contributed by atoms with Gasteiger partial charge in [0, 0.05) is 24.5 Å². The van der Waals surface area contributed by atoms with E-state index in [-0.39, 0.29) is 5.91 Å². The number of hydrogen-bond donors (Lipinski definition) is 1. The lowest BCUT2D eigenvalue weighted by atomic mass is 10.0. The van der Waals surface area contributed by atoms with Crippen LogP contribution in [0, 0.1) is 0 Å². The molecule has 0 aliphatic carbocycles. The topological polar surface area (TPSA) is 43.3 Å². The maximum atomic E-state index is 12.6. The minimum atomic E-state index is -0.100. The van der Waals surface area contributed by atoms with Crippen molar-refractivity contribution in [3.63, 3.8) is 0 Å². The molecular formula is C21H19ClN2O2. The summed E-state index contributed by atoms with van der Waals surface area (Å²) in [5, 5.41) is 3.65. The third-order valence-corrected chi connectivity index (χ3v) is 4.85. The van der Waals surface area contributed by atoms with Crippen LogP contribution in [0.15, 0.2) is 60.9 Å². The molecule has 4 rings (SSSR count). The van der Waals surface area contributed by atoms with E-state index >= 15 is 0 Å². The first-order valence-corrected chi connectivity index (χ1v) is 9.05. The van der Waals surface area contributed by atoms with Crippen LogP contribution in [-0.2, 0) is 13.0 Å². The lowest BCUT2D eigenvalue weighted by molar-refractivity contribution is 0.0950. The number of benzene rings is 2. The molecule has 0 saturated heterocycles. The largest absolute Gasteiger partial charge is 0.493 e. The highest BCUT2D eigenvalue weighted by atomic mass is 35.5. The molecule has 1 aliphatic heterocycles. The third-order valence-electron chi connectivity index (χ3n) is 4.54. The van der Waals surface area contributed by atoms with Gasteiger partial charge in [-0.15, -0.1) is 0 Å². The Labute approximate surface area is 157 Å². The number of halogens is 1. The van der Waals surface area contributed by atoms with E-state index in [0.29, 0.717) is 17.1 Å². The lowest BCUT2D eigenvalue weighted by Gasteiger charge is -2.18. The summed E-state index contributed by atoms with van der Waals surface area (Å²) in [6, 6.07) is 15.2. The van der Waals surface area contributed by atoms with Gasteiger partial charge >= 0.3 is 0 Å². The van der Waals surface area contributed by atoms with Gasteiger partial charge in [-0.2, -0.15) is 0 Å². The Kier molecular flexibility index (Phi) is 4.67. The molecule has 1 amide bonds. The van der Waals surface area contributed by atoms with Gasteiger partial charge in [0.2, 0.25) is 0 Å². The van der Waals surface area contributed by atoms with Crippen LogP contribution in [0.3, 0.4) is 0 Å². The molecular weight excluding hydrogens is 348 g/mol. The van der Waals surface area contributed by atoms with E-state index in [2.05, 4.69) is 5.32 Å². The van der Waals surface area contributed by atoms with Gasteiger partial charge in [0.1, 0.15) is 5.75 Å². The molecule has 1 aromatic heterocycles. The number of para-hydroxylation sites is 1. The van der Waals surface area contributed by atoms with Crippen molar-refractivity contribution >= 4 is 17.5 Å². The predicted molar refractivity (Wildman–Crippen MR) is 102 cm³/mol. The smallest absolute Gasteiger partial charge is 0.251 e. The number of fused-ring (bicyclic) bond motifs is 1. The quantitative estimate of drug-likeness (QED) is 0.744. The summed E-state index contributed by atoms with van der Waals surface area (Å²) in [6.07, 6.45) is 5.81. The molecule has 0 radical (unpaired) electrons. The zero-order valence-electron chi connectivity index (χ0n) is 14.2. The van der Waals surface area contributed by atoms with E-state index in [4.69, 9.17) is 16.3 Å². The molecule has 26 heavy (non-hydrogen) atoms. The summed E-state index contributed by atoms with van der Waals surface area (Å²) in [7, 11) is 0. The molecule has 0 unspecified atom stereocenters. The molecule has 3 aromatic rings. The van der Waals surface area contributed by atoms with Crippen molar-refractivity contribution in [3.8, 4) is 11.4 Å². The summed E-state index contributed by atoms with van der Waals surface area (Å²) < 4.78 is 7.57. The van der Waals surface area contributed by atoms with Crippen molar-refractivity contribution in [1.82, 2.24) is 9.88 Å². The van der Waals surface area contributed by atoms with Gasteiger partial charge in [-0.25, -0.2) is 0 Å². The van der Waals surface area contributed by atoms with Crippen LogP contribution in [-0.4, -0.2) is 17.1 Å². The molecule has 1 N–H and O–H groups in total. The van der Waals surface area contributed by atoms with Crippen LogP contribution in [0.2, 0.25) is 5.02 Å². The number of aromatic nitrogens is 1. The number of ether oxygens (including phenoxy) is 1. The second-order valence-corrected chi connectivity index (χ2v) is 6.70. The summed E-state index contributed by atoms with van der Waals surface area (Å²) in [5.74, 6) is 0.786. The molecule has 1 aliphatic rings. The number of amides is 1. The molecule has 0 saturated carbocycles. The van der Waals surface area contributed by atoms with Crippen LogP contribution in [0.25, 0.3) is 5.69 Å². The Balaban J connectivity index is 1.53. The van der Waals surface area contributed by atoms with Crippen molar-refractivity contribution in [2.75, 3.05) is 6.61 Å². The van der Waals surface area contributed by atoms with E-state index in [1.807, 2.05) is 65.5 Å². The predicted octanol–water partition coefficient (Wildman–Crippen LogP) is 4.39. The Bertz CT molecular complexity index is 935. The van der Waals surface area contributed by atoms with E-state index in [1.54, 1.807) is 0 Å². The first-order chi connectivity index (χ1) is 12.7. The lowest BCUT2D eigenvalue weighted by Crippen LogP contribution is -2.24. The fraction of sp³-hybridized carbons (Fsp3) is 0.190. The number of carbonyl (C=O) groups excluding carboxylic acids is 1. The van der Waals surface area contributed by atoms with Crippen LogP contribution in [0.5, 0.6) is 5.75 Å². The minimum Gasteiger partial charge on any atom is -0.493 e. The molecule has 132 valence electrons. The fourth-order valence-electron chi connectivity index (χ4n) is 3.25. The number of aryl methyl sites for hydroxylation is 1. The van der Waals surface area contributed by atoms with Crippen LogP contribution >= 0.6 is 11.6 Å². The van der Waals surface area contributed by atoms with Gasteiger partial charge < -0.3 is 14.6 Å². The maximum Gasteiger partial charge on any atom is 0.251 e. The van der Waals surface area contributed by atoms with Gasteiger partial charge in [-0.1, -0.05) is 23.7 Å². The maximum absolute atomic E-state index is 12.6. The van der Waals surface area contributed by atoms with Crippen molar-refractivity contribution in [2.45, 2.75) is 19.4 Å². The van der Waals surface area contributed by atoms with Crippen molar-refractivity contribution in [3.05, 3.63) is 82.6 Å². The Morgan fingerprint density at radius 2 is 2.00 bits per heavy atom. The molecule has 0 atom stereocenters.